The maximum absolute atomic E-state index is 13.5. The molecule has 2 heterocycles. The Kier molecular flexibility index (Phi) is 4.73. The van der Waals surface area contributed by atoms with Gasteiger partial charge in [0.1, 0.15) is 17.1 Å². The molecule has 0 unspecified atom stereocenters. The molecule has 0 spiro atoms. The van der Waals surface area contributed by atoms with Crippen LogP contribution in [0.4, 0.5) is 22.0 Å². The zero-order chi connectivity index (χ0) is 19.8. The first kappa shape index (κ1) is 18.6. The van der Waals surface area contributed by atoms with Crippen molar-refractivity contribution in [2.45, 2.75) is 12.8 Å². The van der Waals surface area contributed by atoms with Gasteiger partial charge in [-0.1, -0.05) is 12.1 Å². The molecule has 0 saturated carbocycles. The minimum absolute atomic E-state index is 0.133. The van der Waals surface area contributed by atoms with Gasteiger partial charge in [0.2, 0.25) is 0 Å². The third kappa shape index (κ3) is 3.69. The number of pyridine rings is 1. The Labute approximate surface area is 148 Å². The maximum Gasteiger partial charge on any atom is 0.434 e. The van der Waals surface area contributed by atoms with Gasteiger partial charge in [-0.15, -0.1) is 0 Å². The first-order valence-electron chi connectivity index (χ1n) is 7.43. The summed E-state index contributed by atoms with van der Waals surface area (Å²) >= 11 is 0. The fourth-order valence-electron chi connectivity index (χ4n) is 2.51. The lowest BCUT2D eigenvalue weighted by Crippen LogP contribution is -2.24. The highest BCUT2D eigenvalue weighted by atomic mass is 19.4. The van der Waals surface area contributed by atoms with Crippen LogP contribution in [-0.4, -0.2) is 23.1 Å². The van der Waals surface area contributed by atoms with Gasteiger partial charge in [-0.05, 0) is 23.8 Å². The molecule has 0 aliphatic rings. The maximum atomic E-state index is 13.5. The quantitative estimate of drug-likeness (QED) is 0.637. The smallest absolute Gasteiger partial charge is 0.434 e. The number of benzene rings is 1. The lowest BCUT2D eigenvalue weighted by Gasteiger charge is -2.14. The molecule has 0 radical (unpaired) electrons. The number of methoxy groups -OCH3 is 1. The molecule has 142 valence electrons. The minimum atomic E-state index is -4.91. The molecule has 3 aromatic rings. The number of hydrogen-bond donors (Lipinski definition) is 0. The van der Waals surface area contributed by atoms with Gasteiger partial charge < -0.3 is 9.47 Å². The lowest BCUT2D eigenvalue weighted by atomic mass is 10.0. The predicted octanol–water partition coefficient (Wildman–Crippen LogP) is 3.99. The number of fused-ring (bicyclic) bond motifs is 1. The molecule has 0 amide bonds. The number of aromatic nitrogens is 2. The van der Waals surface area contributed by atoms with Crippen LogP contribution in [0.2, 0.25) is 0 Å². The Balaban J connectivity index is 2.24. The van der Waals surface area contributed by atoms with Crippen LogP contribution in [0.3, 0.4) is 0 Å². The van der Waals surface area contributed by atoms with Crippen molar-refractivity contribution in [2.24, 2.45) is 0 Å². The van der Waals surface area contributed by atoms with E-state index in [2.05, 4.69) is 9.72 Å². The van der Waals surface area contributed by atoms with E-state index in [0.29, 0.717) is 0 Å². The van der Waals surface area contributed by atoms with Gasteiger partial charge in [0, 0.05) is 12.3 Å². The van der Waals surface area contributed by atoms with E-state index in [1.54, 1.807) is 0 Å². The van der Waals surface area contributed by atoms with Crippen molar-refractivity contribution in [1.29, 1.82) is 0 Å². The van der Waals surface area contributed by atoms with Crippen molar-refractivity contribution in [2.75, 3.05) is 7.11 Å². The molecule has 0 bridgehead atoms. The molecular weight excluding hydrogens is 375 g/mol. The van der Waals surface area contributed by atoms with E-state index in [1.165, 1.54) is 25.4 Å². The lowest BCUT2D eigenvalue weighted by molar-refractivity contribution is -0.140. The van der Waals surface area contributed by atoms with Gasteiger partial charge in [-0.3, -0.25) is 9.20 Å². The molecule has 27 heavy (non-hydrogen) atoms. The highest BCUT2D eigenvalue weighted by Crippen LogP contribution is 2.35. The van der Waals surface area contributed by atoms with Crippen molar-refractivity contribution in [3.05, 3.63) is 58.6 Å². The second kappa shape index (κ2) is 6.86. The molecule has 0 N–H and O–H groups in total. The normalized spacial score (nSPS) is 11.8. The fourth-order valence-corrected chi connectivity index (χ4v) is 2.51. The molecule has 5 nitrogen and oxygen atoms in total. The Morgan fingerprint density at radius 1 is 1.07 bits per heavy atom. The van der Waals surface area contributed by atoms with Crippen LogP contribution in [0.1, 0.15) is 5.69 Å². The van der Waals surface area contributed by atoms with Crippen molar-refractivity contribution in [3.63, 3.8) is 0 Å². The summed E-state index contributed by atoms with van der Waals surface area (Å²) in [4.78, 5) is 16.3. The van der Waals surface area contributed by atoms with Crippen LogP contribution in [0.15, 0.2) is 47.4 Å². The highest BCUT2D eigenvalue weighted by molar-refractivity contribution is 5.68. The summed E-state index contributed by atoms with van der Waals surface area (Å²) in [6.07, 6.45) is -3.67. The average molecular weight is 386 g/mol. The summed E-state index contributed by atoms with van der Waals surface area (Å²) in [5.74, 6) is -0.0165. The first-order valence-corrected chi connectivity index (χ1v) is 7.43. The van der Waals surface area contributed by atoms with Crippen LogP contribution >= 0.6 is 0 Å². The third-order valence-electron chi connectivity index (χ3n) is 3.67. The Bertz CT molecular complexity index is 1030. The van der Waals surface area contributed by atoms with Crippen molar-refractivity contribution in [1.82, 2.24) is 9.38 Å². The van der Waals surface area contributed by atoms with Crippen LogP contribution < -0.4 is 15.0 Å². The van der Waals surface area contributed by atoms with E-state index in [0.717, 1.165) is 28.7 Å². The largest absolute Gasteiger partial charge is 0.497 e. The second-order valence-electron chi connectivity index (χ2n) is 5.34. The molecule has 0 aliphatic heterocycles. The van der Waals surface area contributed by atoms with Gasteiger partial charge >= 0.3 is 12.8 Å². The van der Waals surface area contributed by atoms with Crippen LogP contribution in [-0.2, 0) is 6.18 Å². The van der Waals surface area contributed by atoms with Crippen molar-refractivity contribution in [3.8, 4) is 22.6 Å². The van der Waals surface area contributed by atoms with Gasteiger partial charge in [-0.25, -0.2) is 4.98 Å². The Hall–Kier alpha value is -3.17. The van der Waals surface area contributed by atoms with Crippen LogP contribution in [0.25, 0.3) is 16.8 Å². The van der Waals surface area contributed by atoms with Gasteiger partial charge in [-0.2, -0.15) is 22.0 Å². The monoisotopic (exact) mass is 386 g/mol. The Morgan fingerprint density at radius 3 is 2.30 bits per heavy atom. The molecule has 0 aliphatic carbocycles. The molecule has 0 saturated heterocycles. The zero-order valence-corrected chi connectivity index (χ0v) is 13.6. The van der Waals surface area contributed by atoms with E-state index < -0.39 is 29.6 Å². The number of halogens is 5. The van der Waals surface area contributed by atoms with E-state index in [9.17, 15) is 26.7 Å². The van der Waals surface area contributed by atoms with E-state index in [4.69, 9.17) is 4.74 Å². The summed E-state index contributed by atoms with van der Waals surface area (Å²) in [7, 11) is 1.33. The Morgan fingerprint density at radius 2 is 1.74 bits per heavy atom. The van der Waals surface area contributed by atoms with Gasteiger partial charge in [0.05, 0.1) is 12.7 Å². The second-order valence-corrected chi connectivity index (χ2v) is 5.34. The minimum Gasteiger partial charge on any atom is -0.497 e. The number of rotatable bonds is 4. The fraction of sp³-hybridized carbons (Fsp3) is 0.176. The molecular formula is C17H11F5N2O3. The average Bonchev–Trinajstić information content (AvgIpc) is 2.61. The molecule has 0 atom stereocenters. The number of ether oxygens (including phenoxy) is 2. The SMILES string of the molecule is COc1ccn2c(=O)c(-c3ccc(OC(F)F)cc3)c(C(F)(F)F)nc2c1. The van der Waals surface area contributed by atoms with Crippen LogP contribution in [0.5, 0.6) is 11.5 Å². The number of alkyl halides is 5. The van der Waals surface area contributed by atoms with Crippen molar-refractivity contribution < 1.29 is 31.4 Å². The summed E-state index contributed by atoms with van der Waals surface area (Å²) in [6.45, 7) is -3.08. The number of nitrogens with zero attached hydrogens (tertiary/aromatic N) is 2. The van der Waals surface area contributed by atoms with Crippen molar-refractivity contribution >= 4 is 5.65 Å². The third-order valence-corrected chi connectivity index (χ3v) is 3.67. The van der Waals surface area contributed by atoms with E-state index >= 15 is 0 Å². The molecule has 1 aromatic carbocycles. The highest BCUT2D eigenvalue weighted by Gasteiger charge is 2.38. The van der Waals surface area contributed by atoms with E-state index in [1.807, 2.05) is 0 Å². The molecule has 0 fully saturated rings. The molecule has 10 heteroatoms. The molecule has 3 rings (SSSR count). The summed E-state index contributed by atoms with van der Waals surface area (Å²) < 4.78 is 75.0. The van der Waals surface area contributed by atoms with Gasteiger partial charge in [0.25, 0.3) is 5.56 Å². The summed E-state index contributed by atoms with van der Waals surface area (Å²) in [6, 6.07) is 6.85. The topological polar surface area (TPSA) is 52.8 Å². The van der Waals surface area contributed by atoms with Gasteiger partial charge in [0.15, 0.2) is 5.69 Å². The first-order chi connectivity index (χ1) is 12.7. The van der Waals surface area contributed by atoms with Crippen LogP contribution in [0, 0.1) is 0 Å². The number of hydrogen-bond acceptors (Lipinski definition) is 4. The van der Waals surface area contributed by atoms with E-state index in [-0.39, 0.29) is 22.7 Å². The standard InChI is InChI=1S/C17H11F5N2O3/c1-26-11-6-7-24-12(8-11)23-14(17(20,21)22)13(15(24)25)9-2-4-10(5-3-9)27-16(18)19/h2-8,16H,1H3. The zero-order valence-electron chi connectivity index (χ0n) is 13.6. The molecule has 2 aromatic heterocycles. The predicted molar refractivity (Wildman–Crippen MR) is 85.1 cm³/mol. The summed E-state index contributed by atoms with van der Waals surface area (Å²) in [5, 5.41) is 0. The summed E-state index contributed by atoms with van der Waals surface area (Å²) in [5.41, 5.74) is -3.42.